The first-order valence-electron chi connectivity index (χ1n) is 7.68. The van der Waals surface area contributed by atoms with Crippen LogP contribution in [-0.2, 0) is 14.8 Å². The first-order valence-corrected chi connectivity index (χ1v) is 10.3. The number of anilines is 1. The van der Waals surface area contributed by atoms with Crippen LogP contribution in [0, 0.1) is 0 Å². The van der Waals surface area contributed by atoms with Gasteiger partial charge in [-0.1, -0.05) is 23.7 Å². The van der Waals surface area contributed by atoms with E-state index < -0.39 is 15.9 Å². The molecule has 0 aliphatic heterocycles. The summed E-state index contributed by atoms with van der Waals surface area (Å²) < 4.78 is 32.3. The van der Waals surface area contributed by atoms with Crippen molar-refractivity contribution < 1.29 is 17.9 Å². The smallest absolute Gasteiger partial charge is 0.243 e. The van der Waals surface area contributed by atoms with Gasteiger partial charge in [0.1, 0.15) is 5.75 Å². The van der Waals surface area contributed by atoms with E-state index in [9.17, 15) is 13.2 Å². The Kier molecular flexibility index (Phi) is 7.05. The van der Waals surface area contributed by atoms with Crippen LogP contribution in [-0.4, -0.2) is 38.8 Å². The molecule has 0 spiro atoms. The summed E-state index contributed by atoms with van der Waals surface area (Å²) in [5, 5.41) is 2.86. The number of halogens is 2. The van der Waals surface area contributed by atoms with Crippen molar-refractivity contribution in [2.24, 2.45) is 0 Å². The molecule has 0 bridgehead atoms. The first kappa shape index (κ1) is 20.7. The fourth-order valence-electron chi connectivity index (χ4n) is 2.13. The second kappa shape index (κ2) is 8.85. The van der Waals surface area contributed by atoms with E-state index in [-0.39, 0.29) is 16.5 Å². The van der Waals surface area contributed by atoms with Crippen LogP contribution in [0.4, 0.5) is 5.69 Å². The number of ether oxygens (including phenoxy) is 1. The van der Waals surface area contributed by atoms with Gasteiger partial charge < -0.3 is 10.1 Å². The average molecular weight is 462 g/mol. The monoisotopic (exact) mass is 460 g/mol. The Morgan fingerprint density at radius 3 is 2.58 bits per heavy atom. The lowest BCUT2D eigenvalue weighted by molar-refractivity contribution is -0.116. The van der Waals surface area contributed by atoms with Crippen LogP contribution in [0.1, 0.15) is 6.92 Å². The van der Waals surface area contributed by atoms with Crippen LogP contribution in [0.15, 0.2) is 51.8 Å². The van der Waals surface area contributed by atoms with Crippen molar-refractivity contribution in [2.75, 3.05) is 25.5 Å². The molecular weight excluding hydrogens is 444 g/mol. The van der Waals surface area contributed by atoms with Gasteiger partial charge in [-0.3, -0.25) is 4.79 Å². The van der Waals surface area contributed by atoms with E-state index in [0.29, 0.717) is 22.5 Å². The van der Waals surface area contributed by atoms with Crippen molar-refractivity contribution in [1.82, 2.24) is 4.31 Å². The Bertz CT molecular complexity index is 905. The Morgan fingerprint density at radius 2 is 1.96 bits per heavy atom. The third kappa shape index (κ3) is 4.97. The molecule has 2 aromatic carbocycles. The molecule has 0 saturated heterocycles. The van der Waals surface area contributed by atoms with Gasteiger partial charge in [0.2, 0.25) is 15.9 Å². The number of carbonyl (C=O) groups excluding carboxylic acids is 1. The van der Waals surface area contributed by atoms with Gasteiger partial charge in [-0.2, -0.15) is 4.31 Å². The molecule has 26 heavy (non-hydrogen) atoms. The molecule has 2 aromatic rings. The maximum absolute atomic E-state index is 12.6. The fourth-order valence-corrected chi connectivity index (χ4v) is 3.97. The largest absolute Gasteiger partial charge is 0.492 e. The number of carbonyl (C=O) groups is 1. The van der Waals surface area contributed by atoms with Crippen LogP contribution >= 0.6 is 27.5 Å². The molecule has 0 aromatic heterocycles. The summed E-state index contributed by atoms with van der Waals surface area (Å²) in [6.07, 6.45) is 0. The van der Waals surface area contributed by atoms with E-state index in [1.165, 1.54) is 25.2 Å². The Labute approximate surface area is 166 Å². The van der Waals surface area contributed by atoms with Crippen molar-refractivity contribution in [2.45, 2.75) is 11.8 Å². The van der Waals surface area contributed by atoms with Crippen molar-refractivity contribution >= 4 is 49.1 Å². The number of hydrogen-bond acceptors (Lipinski definition) is 4. The predicted molar refractivity (Wildman–Crippen MR) is 105 cm³/mol. The molecule has 0 fully saturated rings. The molecule has 0 heterocycles. The van der Waals surface area contributed by atoms with E-state index in [2.05, 4.69) is 21.2 Å². The molecule has 0 unspecified atom stereocenters. The van der Waals surface area contributed by atoms with Crippen molar-refractivity contribution in [3.63, 3.8) is 0 Å². The highest BCUT2D eigenvalue weighted by molar-refractivity contribution is 9.10. The van der Waals surface area contributed by atoms with Crippen molar-refractivity contribution in [3.8, 4) is 5.75 Å². The topological polar surface area (TPSA) is 75.7 Å². The molecule has 6 nitrogen and oxygen atoms in total. The standard InChI is InChI=1S/C17H18BrClN2O4S/c1-3-25-16-9-8-12(10-14(16)19)26(23,24)21(2)11-17(22)20-15-7-5-4-6-13(15)18/h4-10H,3,11H2,1-2H3,(H,20,22). The van der Waals surface area contributed by atoms with E-state index in [1.807, 2.05) is 6.07 Å². The summed E-state index contributed by atoms with van der Waals surface area (Å²) in [5.74, 6) is -0.0533. The van der Waals surface area contributed by atoms with Crippen LogP contribution < -0.4 is 10.1 Å². The maximum atomic E-state index is 12.6. The number of likely N-dealkylation sites (N-methyl/N-ethyl adjacent to an activating group) is 1. The van der Waals surface area contributed by atoms with E-state index in [4.69, 9.17) is 16.3 Å². The highest BCUT2D eigenvalue weighted by Crippen LogP contribution is 2.28. The Hall–Kier alpha value is -1.61. The van der Waals surface area contributed by atoms with Gasteiger partial charge in [-0.15, -0.1) is 0 Å². The lowest BCUT2D eigenvalue weighted by Crippen LogP contribution is -2.35. The van der Waals surface area contributed by atoms with Gasteiger partial charge in [0.15, 0.2) is 0 Å². The average Bonchev–Trinajstić information content (AvgIpc) is 2.58. The normalized spacial score (nSPS) is 11.4. The molecule has 0 saturated carbocycles. The number of benzene rings is 2. The van der Waals surface area contributed by atoms with E-state index in [0.717, 1.165) is 4.31 Å². The van der Waals surface area contributed by atoms with Gasteiger partial charge >= 0.3 is 0 Å². The quantitative estimate of drug-likeness (QED) is 0.681. The Morgan fingerprint density at radius 1 is 1.27 bits per heavy atom. The lowest BCUT2D eigenvalue weighted by atomic mass is 10.3. The van der Waals surface area contributed by atoms with E-state index >= 15 is 0 Å². The van der Waals surface area contributed by atoms with Crippen LogP contribution in [0.2, 0.25) is 5.02 Å². The van der Waals surface area contributed by atoms with Gasteiger partial charge in [0, 0.05) is 11.5 Å². The van der Waals surface area contributed by atoms with Crippen molar-refractivity contribution in [1.29, 1.82) is 0 Å². The Balaban J connectivity index is 2.12. The summed E-state index contributed by atoms with van der Waals surface area (Å²) in [6, 6.07) is 11.3. The minimum absolute atomic E-state index is 0.0119. The molecule has 9 heteroatoms. The van der Waals surface area contributed by atoms with Crippen molar-refractivity contribution in [3.05, 3.63) is 52.0 Å². The fraction of sp³-hybridized carbons (Fsp3) is 0.235. The third-order valence-electron chi connectivity index (χ3n) is 3.43. The minimum Gasteiger partial charge on any atom is -0.492 e. The van der Waals surface area contributed by atoms with Crippen LogP contribution in [0.5, 0.6) is 5.75 Å². The number of para-hydroxylation sites is 1. The molecule has 2 rings (SSSR count). The molecule has 140 valence electrons. The number of hydrogen-bond donors (Lipinski definition) is 1. The third-order valence-corrected chi connectivity index (χ3v) is 6.21. The molecule has 1 N–H and O–H groups in total. The first-order chi connectivity index (χ1) is 12.3. The molecule has 0 aliphatic carbocycles. The van der Waals surface area contributed by atoms with Gasteiger partial charge in [-0.25, -0.2) is 8.42 Å². The minimum atomic E-state index is -3.87. The zero-order valence-corrected chi connectivity index (χ0v) is 17.4. The number of nitrogens with one attached hydrogen (secondary N) is 1. The zero-order chi connectivity index (χ0) is 19.3. The van der Waals surface area contributed by atoms with Crippen LogP contribution in [0.3, 0.4) is 0 Å². The lowest BCUT2D eigenvalue weighted by Gasteiger charge is -2.18. The SMILES string of the molecule is CCOc1ccc(S(=O)(=O)N(C)CC(=O)Nc2ccccc2Br)cc1Cl. The maximum Gasteiger partial charge on any atom is 0.243 e. The molecule has 0 aliphatic rings. The summed E-state index contributed by atoms with van der Waals surface area (Å²) in [7, 11) is -2.54. The highest BCUT2D eigenvalue weighted by atomic mass is 79.9. The summed E-state index contributed by atoms with van der Waals surface area (Å²) in [4.78, 5) is 12.2. The van der Waals surface area contributed by atoms with Gasteiger partial charge in [0.05, 0.1) is 28.8 Å². The molecule has 0 radical (unpaired) electrons. The van der Waals surface area contributed by atoms with Gasteiger partial charge in [-0.05, 0) is 53.2 Å². The van der Waals surface area contributed by atoms with E-state index in [1.54, 1.807) is 25.1 Å². The molecular formula is C17H18BrClN2O4S. The molecule has 1 amide bonds. The second-order valence-corrected chi connectivity index (χ2v) is 8.62. The van der Waals surface area contributed by atoms with Gasteiger partial charge in [0.25, 0.3) is 0 Å². The highest BCUT2D eigenvalue weighted by Gasteiger charge is 2.24. The number of rotatable bonds is 7. The summed E-state index contributed by atoms with van der Waals surface area (Å²) in [5.41, 5.74) is 0.562. The second-order valence-electron chi connectivity index (χ2n) is 5.31. The van der Waals surface area contributed by atoms with Crippen LogP contribution in [0.25, 0.3) is 0 Å². The molecule has 0 atom stereocenters. The summed E-state index contributed by atoms with van der Waals surface area (Å²) >= 11 is 9.38. The number of nitrogens with zero attached hydrogens (tertiary/aromatic N) is 1. The summed E-state index contributed by atoms with van der Waals surface area (Å²) in [6.45, 7) is 1.88. The predicted octanol–water partition coefficient (Wildman–Crippen LogP) is 3.76. The number of sulfonamides is 1. The number of amides is 1. The zero-order valence-electron chi connectivity index (χ0n) is 14.2.